The summed E-state index contributed by atoms with van der Waals surface area (Å²) >= 11 is 0. The van der Waals surface area contributed by atoms with E-state index in [2.05, 4.69) is 99.0 Å². The molecule has 0 aliphatic rings. The SMILES string of the molecule is CC/C=C\C/C=C\C/C=C\C/C=C\C/C=C\CCCCCCCCCC(=O)OC(/C=C/CCCCCCCCCCC)C(COP(=O)(O)OCC[N+](C)(C)C)NC(=O)CCCCCCCCCCC/C=C/CCCCCCCC. The Balaban J connectivity index is 5.16. The molecule has 3 unspecified atom stereocenters. The Labute approximate surface area is 488 Å². The summed E-state index contributed by atoms with van der Waals surface area (Å²) in [5, 5.41) is 3.06. The molecule has 0 fully saturated rings. The van der Waals surface area contributed by atoms with Crippen LogP contribution < -0.4 is 5.32 Å². The minimum atomic E-state index is -4.46. The van der Waals surface area contributed by atoms with Crippen LogP contribution in [0.15, 0.2) is 85.1 Å². The van der Waals surface area contributed by atoms with Crippen molar-refractivity contribution in [1.29, 1.82) is 0 Å². The van der Waals surface area contributed by atoms with Crippen molar-refractivity contribution < 1.29 is 37.3 Å². The summed E-state index contributed by atoms with van der Waals surface area (Å²) in [6.07, 6.45) is 77.2. The van der Waals surface area contributed by atoms with Gasteiger partial charge in [-0.25, -0.2) is 4.57 Å². The average Bonchev–Trinajstić information content (AvgIpc) is 3.41. The second kappa shape index (κ2) is 58.4. The topological polar surface area (TPSA) is 111 Å². The molecule has 79 heavy (non-hydrogen) atoms. The molecular weight excluding hydrogens is 1000 g/mol. The Morgan fingerprint density at radius 2 is 0.810 bits per heavy atom. The monoisotopic (exact) mass is 1130 g/mol. The van der Waals surface area contributed by atoms with Gasteiger partial charge in [-0.1, -0.05) is 260 Å². The largest absolute Gasteiger partial charge is 0.472 e. The molecule has 0 heterocycles. The van der Waals surface area contributed by atoms with Crippen molar-refractivity contribution in [1.82, 2.24) is 5.32 Å². The number of amides is 1. The molecule has 0 spiro atoms. The van der Waals surface area contributed by atoms with Gasteiger partial charge in [-0.3, -0.25) is 18.6 Å². The number of phosphoric acid groups is 1. The molecule has 0 aliphatic heterocycles. The minimum Gasteiger partial charge on any atom is -0.456 e. The summed E-state index contributed by atoms with van der Waals surface area (Å²) in [5.74, 6) is -0.518. The zero-order valence-electron chi connectivity index (χ0n) is 52.3. The summed E-state index contributed by atoms with van der Waals surface area (Å²) in [7, 11) is 1.48. The van der Waals surface area contributed by atoms with Gasteiger partial charge in [-0.05, 0) is 102 Å². The molecule has 0 aromatic rings. The summed E-state index contributed by atoms with van der Waals surface area (Å²) in [5.41, 5.74) is 0. The van der Waals surface area contributed by atoms with E-state index >= 15 is 0 Å². The molecule has 0 bridgehead atoms. The molecule has 0 aromatic carbocycles. The molecule has 0 saturated heterocycles. The van der Waals surface area contributed by atoms with Crippen molar-refractivity contribution in [2.75, 3.05) is 40.9 Å². The molecule has 0 radical (unpaired) electrons. The van der Waals surface area contributed by atoms with E-state index in [9.17, 15) is 19.0 Å². The van der Waals surface area contributed by atoms with E-state index in [0.717, 1.165) is 103 Å². The quantitative estimate of drug-likeness (QED) is 0.0205. The van der Waals surface area contributed by atoms with E-state index in [1.807, 2.05) is 33.3 Å². The number of hydrogen-bond donors (Lipinski definition) is 2. The molecule has 458 valence electrons. The van der Waals surface area contributed by atoms with Crippen LogP contribution in [-0.4, -0.2) is 74.3 Å². The normalized spacial score (nSPS) is 14.2. The van der Waals surface area contributed by atoms with Gasteiger partial charge in [0.05, 0.1) is 33.8 Å². The first-order chi connectivity index (χ1) is 38.4. The maximum absolute atomic E-state index is 13.6. The summed E-state index contributed by atoms with van der Waals surface area (Å²) in [6.45, 7) is 6.90. The first-order valence-electron chi connectivity index (χ1n) is 32.9. The van der Waals surface area contributed by atoms with Gasteiger partial charge >= 0.3 is 13.8 Å². The van der Waals surface area contributed by atoms with Gasteiger partial charge in [0.2, 0.25) is 5.91 Å². The Morgan fingerprint density at radius 3 is 1.23 bits per heavy atom. The van der Waals surface area contributed by atoms with E-state index in [0.29, 0.717) is 17.4 Å². The Morgan fingerprint density at radius 1 is 0.456 bits per heavy atom. The number of rotatable bonds is 59. The van der Waals surface area contributed by atoms with Crippen LogP contribution in [0.25, 0.3) is 0 Å². The molecule has 0 saturated carbocycles. The number of unbranched alkanes of at least 4 members (excludes halogenated alkanes) is 31. The zero-order valence-corrected chi connectivity index (χ0v) is 53.2. The van der Waals surface area contributed by atoms with Crippen LogP contribution in [0, 0.1) is 0 Å². The molecule has 0 aliphatic carbocycles. The van der Waals surface area contributed by atoms with Crippen molar-refractivity contribution in [2.24, 2.45) is 0 Å². The molecule has 0 aromatic heterocycles. The van der Waals surface area contributed by atoms with Crippen LogP contribution in [0.3, 0.4) is 0 Å². The molecule has 10 heteroatoms. The first kappa shape index (κ1) is 76.2. The van der Waals surface area contributed by atoms with E-state index in [1.54, 1.807) is 0 Å². The number of carbonyl (C=O) groups excluding carboxylic acids is 2. The number of phosphoric ester groups is 1. The van der Waals surface area contributed by atoms with Crippen molar-refractivity contribution in [3.05, 3.63) is 85.1 Å². The van der Waals surface area contributed by atoms with Gasteiger partial charge < -0.3 is 19.4 Å². The molecular formula is C69H126N2O7P+. The standard InChI is InChI=1S/C69H125N2O7P/c1-7-10-13-16-19-22-25-27-29-31-33-34-35-36-38-40-42-44-47-50-53-56-59-62-69(73)78-67(60-57-54-51-48-45-24-21-18-15-12-9-3)66(65-77-79(74,75)76-64-63-71(4,5)6)70-68(72)61-58-55-52-49-46-43-41-39-37-32-30-28-26-23-20-17-14-11-8-2/h10,13,19,22,27-30,33-34,36,38,57,60,66-67H,7-9,11-12,14-18,20-21,23-26,31-32,35,37,39-56,58-59,61-65H2,1-6H3,(H-,70,72,74,75)/p+1/b13-10-,22-19-,29-27-,30-28+,34-33-,38-36-,60-57+. The number of ether oxygens (including phenoxy) is 1. The van der Waals surface area contributed by atoms with E-state index < -0.39 is 20.0 Å². The Kier molecular flexibility index (Phi) is 56.3. The number of carbonyl (C=O) groups is 2. The van der Waals surface area contributed by atoms with Gasteiger partial charge in [0.25, 0.3) is 0 Å². The van der Waals surface area contributed by atoms with Crippen LogP contribution in [0.2, 0.25) is 0 Å². The second-order valence-electron chi connectivity index (χ2n) is 23.3. The van der Waals surface area contributed by atoms with Crippen molar-refractivity contribution in [2.45, 2.75) is 303 Å². The van der Waals surface area contributed by atoms with Crippen LogP contribution >= 0.6 is 7.82 Å². The third-order valence-corrected chi connectivity index (χ3v) is 15.3. The van der Waals surface area contributed by atoms with E-state index in [1.165, 1.54) is 154 Å². The van der Waals surface area contributed by atoms with Gasteiger partial charge in [-0.2, -0.15) is 0 Å². The van der Waals surface area contributed by atoms with E-state index in [4.69, 9.17) is 13.8 Å². The maximum atomic E-state index is 13.6. The number of esters is 1. The third kappa shape index (κ3) is 59.6. The van der Waals surface area contributed by atoms with Crippen LogP contribution in [0.1, 0.15) is 290 Å². The third-order valence-electron chi connectivity index (χ3n) is 14.3. The van der Waals surface area contributed by atoms with Crippen molar-refractivity contribution >= 4 is 19.7 Å². The molecule has 1 amide bonds. The zero-order chi connectivity index (χ0) is 57.9. The predicted octanol–water partition coefficient (Wildman–Crippen LogP) is 20.6. The fourth-order valence-electron chi connectivity index (χ4n) is 9.26. The van der Waals surface area contributed by atoms with E-state index in [-0.39, 0.29) is 31.5 Å². The summed E-state index contributed by atoms with van der Waals surface area (Å²) in [6, 6.07) is -0.858. The molecule has 9 nitrogen and oxygen atoms in total. The highest BCUT2D eigenvalue weighted by Crippen LogP contribution is 2.43. The fourth-order valence-corrected chi connectivity index (χ4v) is 9.99. The lowest BCUT2D eigenvalue weighted by Gasteiger charge is -2.27. The average molecular weight is 1130 g/mol. The molecule has 0 rings (SSSR count). The van der Waals surface area contributed by atoms with Crippen LogP contribution in [-0.2, 0) is 27.9 Å². The van der Waals surface area contributed by atoms with Crippen LogP contribution in [0.5, 0.6) is 0 Å². The number of likely N-dealkylation sites (N-methyl/N-ethyl adjacent to an activating group) is 1. The highest BCUT2D eigenvalue weighted by atomic mass is 31.2. The highest BCUT2D eigenvalue weighted by Gasteiger charge is 2.30. The molecule has 2 N–H and O–H groups in total. The first-order valence-corrected chi connectivity index (χ1v) is 34.4. The lowest BCUT2D eigenvalue weighted by molar-refractivity contribution is -0.870. The smallest absolute Gasteiger partial charge is 0.456 e. The van der Waals surface area contributed by atoms with Gasteiger partial charge in [0.1, 0.15) is 19.3 Å². The fraction of sp³-hybridized carbons (Fsp3) is 0.768. The highest BCUT2D eigenvalue weighted by molar-refractivity contribution is 7.47. The predicted molar refractivity (Wildman–Crippen MR) is 341 cm³/mol. The molecule has 3 atom stereocenters. The number of quaternary nitrogens is 1. The number of hydrogen-bond acceptors (Lipinski definition) is 6. The minimum absolute atomic E-state index is 0.0352. The maximum Gasteiger partial charge on any atom is 0.472 e. The second-order valence-corrected chi connectivity index (χ2v) is 24.7. The lowest BCUT2D eigenvalue weighted by atomic mass is 10.0. The van der Waals surface area contributed by atoms with Gasteiger partial charge in [-0.15, -0.1) is 0 Å². The number of nitrogens with zero attached hydrogens (tertiary/aromatic N) is 1. The lowest BCUT2D eigenvalue weighted by Crippen LogP contribution is -2.47. The number of allylic oxidation sites excluding steroid dienone is 13. The summed E-state index contributed by atoms with van der Waals surface area (Å²) in [4.78, 5) is 37.8. The Hall–Kier alpha value is -2.81. The van der Waals surface area contributed by atoms with Crippen molar-refractivity contribution in [3.63, 3.8) is 0 Å². The summed E-state index contributed by atoms with van der Waals surface area (Å²) < 4.78 is 30.7. The van der Waals surface area contributed by atoms with Gasteiger partial charge in [0.15, 0.2) is 0 Å². The van der Waals surface area contributed by atoms with Crippen LogP contribution in [0.4, 0.5) is 0 Å². The van der Waals surface area contributed by atoms with Crippen molar-refractivity contribution in [3.8, 4) is 0 Å². The Bertz CT molecular complexity index is 1630. The van der Waals surface area contributed by atoms with Gasteiger partial charge in [0, 0.05) is 12.8 Å². The number of nitrogens with one attached hydrogen (secondary N) is 1.